The maximum Gasteiger partial charge on any atom is 0.274 e. The zero-order chi connectivity index (χ0) is 16.3. The van der Waals surface area contributed by atoms with Gasteiger partial charge >= 0.3 is 0 Å². The molecule has 22 heavy (non-hydrogen) atoms. The van der Waals surface area contributed by atoms with Crippen molar-refractivity contribution < 1.29 is 14.1 Å². The van der Waals surface area contributed by atoms with E-state index in [4.69, 9.17) is 4.42 Å². The zero-order valence-corrected chi connectivity index (χ0v) is 12.4. The number of carbonyl (C=O) groups excluding carboxylic acids is 1. The number of hydrogen-bond donors (Lipinski definition) is 1. The van der Waals surface area contributed by atoms with E-state index in [1.807, 2.05) is 0 Å². The van der Waals surface area contributed by atoms with Crippen LogP contribution in [-0.2, 0) is 0 Å². The van der Waals surface area contributed by atoms with Gasteiger partial charge in [-0.25, -0.2) is 5.43 Å². The summed E-state index contributed by atoms with van der Waals surface area (Å²) in [6.07, 6.45) is 0. The van der Waals surface area contributed by atoms with Crippen molar-refractivity contribution in [1.82, 2.24) is 5.43 Å². The van der Waals surface area contributed by atoms with Crippen molar-refractivity contribution in [2.75, 3.05) is 0 Å². The first-order chi connectivity index (χ1) is 10.4. The largest absolute Gasteiger partial charge is 0.466 e. The molecule has 1 N–H and O–H groups in total. The van der Waals surface area contributed by atoms with Crippen LogP contribution in [0.1, 0.15) is 34.4 Å². The van der Waals surface area contributed by atoms with E-state index in [0.717, 1.165) is 0 Å². The van der Waals surface area contributed by atoms with Gasteiger partial charge in [0.1, 0.15) is 11.5 Å². The minimum Gasteiger partial charge on any atom is -0.466 e. The van der Waals surface area contributed by atoms with Gasteiger partial charge in [0.15, 0.2) is 0 Å². The third-order valence-electron chi connectivity index (χ3n) is 3.09. The van der Waals surface area contributed by atoms with Gasteiger partial charge in [0, 0.05) is 17.7 Å². The highest BCUT2D eigenvalue weighted by Gasteiger charge is 2.13. The molecular formula is C15H15N3O4. The second kappa shape index (κ2) is 6.21. The third-order valence-corrected chi connectivity index (χ3v) is 3.09. The van der Waals surface area contributed by atoms with Crippen molar-refractivity contribution in [2.45, 2.75) is 20.8 Å². The van der Waals surface area contributed by atoms with Crippen LogP contribution in [0, 0.1) is 24.0 Å². The fraction of sp³-hybridized carbons (Fsp3) is 0.200. The maximum absolute atomic E-state index is 12.0. The van der Waals surface area contributed by atoms with Crippen molar-refractivity contribution >= 4 is 17.3 Å². The monoisotopic (exact) mass is 301 g/mol. The summed E-state index contributed by atoms with van der Waals surface area (Å²) in [4.78, 5) is 22.3. The number of hydrazone groups is 1. The van der Waals surface area contributed by atoms with Crippen molar-refractivity contribution in [3.63, 3.8) is 0 Å². The van der Waals surface area contributed by atoms with Crippen molar-refractivity contribution in [1.29, 1.82) is 0 Å². The minimum absolute atomic E-state index is 0.0281. The summed E-state index contributed by atoms with van der Waals surface area (Å²) < 4.78 is 5.28. The van der Waals surface area contributed by atoms with Gasteiger partial charge in [0.05, 0.1) is 16.2 Å². The van der Waals surface area contributed by atoms with E-state index in [2.05, 4.69) is 10.5 Å². The molecule has 0 aliphatic heterocycles. The van der Waals surface area contributed by atoms with Gasteiger partial charge in [-0.15, -0.1) is 0 Å². The molecule has 1 heterocycles. The molecule has 0 saturated carbocycles. The molecule has 0 bridgehead atoms. The fourth-order valence-corrected chi connectivity index (χ4v) is 1.96. The van der Waals surface area contributed by atoms with E-state index in [-0.39, 0.29) is 11.6 Å². The number of non-ortho nitro benzene ring substituents is 1. The number of hydrogen-bond acceptors (Lipinski definition) is 5. The summed E-state index contributed by atoms with van der Waals surface area (Å²) >= 11 is 0. The molecule has 0 atom stereocenters. The van der Waals surface area contributed by atoms with E-state index < -0.39 is 4.92 Å². The second-order valence-electron chi connectivity index (χ2n) is 4.77. The number of carbonyl (C=O) groups is 1. The normalized spacial score (nSPS) is 11.3. The third kappa shape index (κ3) is 3.38. The molecule has 2 aromatic rings. The number of amides is 1. The standard InChI is InChI=1S/C15H15N3O4/c1-9-7-14(11(3)22-9)15(19)17-16-10(2)12-5-4-6-13(8-12)18(20)21/h4-8H,1-3H3,(H,17,19)/b16-10+. The maximum atomic E-state index is 12.0. The van der Waals surface area contributed by atoms with Gasteiger partial charge in [0.25, 0.3) is 11.6 Å². The molecule has 0 aliphatic rings. The molecule has 0 aliphatic carbocycles. The first-order valence-electron chi connectivity index (χ1n) is 6.55. The summed E-state index contributed by atoms with van der Waals surface area (Å²) in [5, 5.41) is 14.7. The van der Waals surface area contributed by atoms with Crippen LogP contribution in [0.3, 0.4) is 0 Å². The van der Waals surface area contributed by atoms with Crippen LogP contribution < -0.4 is 5.43 Å². The van der Waals surface area contributed by atoms with Crippen molar-refractivity contribution in [3.8, 4) is 0 Å². The summed E-state index contributed by atoms with van der Waals surface area (Å²) in [6.45, 7) is 5.10. The van der Waals surface area contributed by atoms with Gasteiger partial charge in [-0.3, -0.25) is 14.9 Å². The molecule has 114 valence electrons. The number of furan rings is 1. The molecule has 7 nitrogen and oxygen atoms in total. The summed E-state index contributed by atoms with van der Waals surface area (Å²) in [7, 11) is 0. The van der Waals surface area contributed by atoms with Gasteiger partial charge in [0.2, 0.25) is 0 Å². The Balaban J connectivity index is 2.16. The van der Waals surface area contributed by atoms with Crippen LogP contribution in [-0.4, -0.2) is 16.5 Å². The Hall–Kier alpha value is -2.96. The molecule has 2 rings (SSSR count). The predicted octanol–water partition coefficient (Wildman–Crippen LogP) is 2.96. The number of aryl methyl sites for hydroxylation is 2. The van der Waals surface area contributed by atoms with Crippen LogP contribution in [0.2, 0.25) is 0 Å². The molecule has 0 unspecified atom stereocenters. The van der Waals surface area contributed by atoms with E-state index in [1.54, 1.807) is 39.0 Å². The van der Waals surface area contributed by atoms with E-state index in [9.17, 15) is 14.9 Å². The lowest BCUT2D eigenvalue weighted by Crippen LogP contribution is -2.19. The Bertz CT molecular complexity index is 762. The first kappa shape index (κ1) is 15.4. The number of nitrogens with one attached hydrogen (secondary N) is 1. The van der Waals surface area contributed by atoms with E-state index in [0.29, 0.717) is 28.4 Å². The summed E-state index contributed by atoms with van der Waals surface area (Å²) in [5.74, 6) is 0.763. The molecule has 1 aromatic heterocycles. The Kier molecular flexibility index (Phi) is 4.36. The van der Waals surface area contributed by atoms with Crippen LogP contribution >= 0.6 is 0 Å². The average Bonchev–Trinajstić information content (AvgIpc) is 2.83. The topological polar surface area (TPSA) is 97.7 Å². The molecule has 0 radical (unpaired) electrons. The number of nitro benzene ring substituents is 1. The van der Waals surface area contributed by atoms with Crippen molar-refractivity contribution in [2.24, 2.45) is 5.10 Å². The first-order valence-corrected chi connectivity index (χ1v) is 6.55. The molecule has 0 fully saturated rings. The van der Waals surface area contributed by atoms with Gasteiger partial charge in [-0.1, -0.05) is 12.1 Å². The lowest BCUT2D eigenvalue weighted by atomic mass is 10.1. The highest BCUT2D eigenvalue weighted by Crippen LogP contribution is 2.15. The lowest BCUT2D eigenvalue weighted by molar-refractivity contribution is -0.384. The number of benzene rings is 1. The highest BCUT2D eigenvalue weighted by atomic mass is 16.6. The number of nitrogens with zero attached hydrogens (tertiary/aromatic N) is 2. The van der Waals surface area contributed by atoms with Crippen LogP contribution in [0.25, 0.3) is 0 Å². The fourth-order valence-electron chi connectivity index (χ4n) is 1.96. The molecule has 0 spiro atoms. The minimum atomic E-state index is -0.479. The highest BCUT2D eigenvalue weighted by molar-refractivity contribution is 6.01. The number of nitro groups is 1. The second-order valence-corrected chi connectivity index (χ2v) is 4.77. The van der Waals surface area contributed by atoms with Crippen LogP contribution in [0.15, 0.2) is 39.9 Å². The Morgan fingerprint density at radius 2 is 2.05 bits per heavy atom. The van der Waals surface area contributed by atoms with Crippen LogP contribution in [0.5, 0.6) is 0 Å². The summed E-state index contributed by atoms with van der Waals surface area (Å²) in [5.41, 5.74) is 3.83. The van der Waals surface area contributed by atoms with Gasteiger partial charge in [-0.2, -0.15) is 5.10 Å². The van der Waals surface area contributed by atoms with Crippen LogP contribution in [0.4, 0.5) is 5.69 Å². The molecule has 7 heteroatoms. The molecule has 0 saturated heterocycles. The molecule has 1 amide bonds. The SMILES string of the molecule is C/C(=N\NC(=O)c1cc(C)oc1C)c1cccc([N+](=O)[O-])c1. The number of rotatable bonds is 4. The Morgan fingerprint density at radius 3 is 2.64 bits per heavy atom. The Labute approximate surface area is 126 Å². The lowest BCUT2D eigenvalue weighted by Gasteiger charge is -2.02. The quantitative estimate of drug-likeness (QED) is 0.533. The predicted molar refractivity (Wildman–Crippen MR) is 81.0 cm³/mol. The molecule has 1 aromatic carbocycles. The van der Waals surface area contributed by atoms with Gasteiger partial charge < -0.3 is 4.42 Å². The van der Waals surface area contributed by atoms with Gasteiger partial charge in [-0.05, 0) is 26.8 Å². The zero-order valence-electron chi connectivity index (χ0n) is 12.4. The van der Waals surface area contributed by atoms with Crippen molar-refractivity contribution in [3.05, 3.63) is 63.1 Å². The molecular weight excluding hydrogens is 286 g/mol. The smallest absolute Gasteiger partial charge is 0.274 e. The summed E-state index contributed by atoms with van der Waals surface area (Å²) in [6, 6.07) is 7.68. The average molecular weight is 301 g/mol. The van der Waals surface area contributed by atoms with E-state index in [1.165, 1.54) is 12.1 Å². The Morgan fingerprint density at radius 1 is 1.32 bits per heavy atom. The van der Waals surface area contributed by atoms with E-state index >= 15 is 0 Å².